The lowest BCUT2D eigenvalue weighted by Crippen LogP contribution is -2.45. The Labute approximate surface area is 482 Å². The van der Waals surface area contributed by atoms with Gasteiger partial charge in [0.1, 0.15) is 13.2 Å². The topological polar surface area (TPSA) is 105 Å². The Balaban J connectivity index is 4.02. The number of carbonyl (C=O) groups is 1. The van der Waals surface area contributed by atoms with E-state index in [0.717, 1.165) is 32.1 Å². The lowest BCUT2D eigenvalue weighted by Gasteiger charge is -2.25. The number of quaternary nitrogens is 1. The van der Waals surface area contributed by atoms with Crippen LogP contribution in [0.2, 0.25) is 0 Å². The number of phosphoric acid groups is 1. The van der Waals surface area contributed by atoms with Crippen LogP contribution < -0.4 is 5.32 Å². The third kappa shape index (κ3) is 62.7. The fourth-order valence-electron chi connectivity index (χ4n) is 10.9. The molecule has 8 nitrogen and oxygen atoms in total. The molecule has 0 aromatic rings. The summed E-state index contributed by atoms with van der Waals surface area (Å²) in [5.74, 6) is -0.167. The van der Waals surface area contributed by atoms with E-state index in [0.29, 0.717) is 17.4 Å². The largest absolute Gasteiger partial charge is 0.472 e. The van der Waals surface area contributed by atoms with E-state index in [1.165, 1.54) is 315 Å². The van der Waals surface area contributed by atoms with Crippen molar-refractivity contribution in [2.75, 3.05) is 40.9 Å². The van der Waals surface area contributed by atoms with Gasteiger partial charge in [-0.05, 0) is 19.3 Å². The molecule has 0 heterocycles. The van der Waals surface area contributed by atoms with Gasteiger partial charge in [0.2, 0.25) is 5.91 Å². The van der Waals surface area contributed by atoms with Crippen molar-refractivity contribution in [3.05, 3.63) is 12.2 Å². The second kappa shape index (κ2) is 59.8. The molecule has 0 saturated heterocycles. The maximum Gasteiger partial charge on any atom is 0.472 e. The minimum atomic E-state index is -4.35. The predicted molar refractivity (Wildman–Crippen MR) is 337 cm³/mol. The summed E-state index contributed by atoms with van der Waals surface area (Å²) in [6, 6.07) is -0.843. The first-order chi connectivity index (χ1) is 37.5. The number of allylic oxidation sites excluding steroid dienone is 1. The maximum absolute atomic E-state index is 13.0. The molecular weight excluding hydrogens is 972 g/mol. The highest BCUT2D eigenvalue weighted by Gasteiger charge is 2.28. The Hall–Kier alpha value is -0.760. The number of aliphatic hydroxyl groups is 1. The highest BCUT2D eigenvalue weighted by Crippen LogP contribution is 2.43. The molecule has 3 N–H and O–H groups in total. The van der Waals surface area contributed by atoms with Crippen LogP contribution in [0, 0.1) is 0 Å². The molecule has 0 aliphatic rings. The zero-order valence-electron chi connectivity index (χ0n) is 52.7. The number of phosphoric ester groups is 1. The molecule has 0 rings (SSSR count). The smallest absolute Gasteiger partial charge is 0.387 e. The van der Waals surface area contributed by atoms with Gasteiger partial charge in [0, 0.05) is 6.42 Å². The summed E-state index contributed by atoms with van der Waals surface area (Å²) >= 11 is 0. The molecule has 0 radical (unpaired) electrons. The Bertz CT molecular complexity index is 1260. The average Bonchev–Trinajstić information content (AvgIpc) is 3.39. The van der Waals surface area contributed by atoms with Gasteiger partial charge in [-0.25, -0.2) is 4.57 Å². The van der Waals surface area contributed by atoms with Gasteiger partial charge >= 0.3 is 7.82 Å². The fourth-order valence-corrected chi connectivity index (χ4v) is 11.6. The first-order valence-electron chi connectivity index (χ1n) is 34.6. The van der Waals surface area contributed by atoms with Crippen molar-refractivity contribution in [1.29, 1.82) is 0 Å². The first kappa shape index (κ1) is 76.2. The number of likely N-dealkylation sites (N-methyl/N-ethyl adjacent to an activating group) is 1. The summed E-state index contributed by atoms with van der Waals surface area (Å²) in [6.45, 7) is 4.89. The van der Waals surface area contributed by atoms with Crippen LogP contribution in [0.1, 0.15) is 367 Å². The Morgan fingerprint density at radius 2 is 0.688 bits per heavy atom. The molecule has 1 amide bonds. The molecule has 0 aliphatic carbocycles. The summed E-state index contributed by atoms with van der Waals surface area (Å²) in [6.07, 6.45) is 76.4. The van der Waals surface area contributed by atoms with Crippen molar-refractivity contribution in [2.24, 2.45) is 0 Å². The van der Waals surface area contributed by atoms with E-state index >= 15 is 0 Å². The summed E-state index contributed by atoms with van der Waals surface area (Å²) in [7, 11) is 1.60. The normalized spacial score (nSPS) is 13.7. The lowest BCUT2D eigenvalue weighted by atomic mass is 10.0. The summed E-state index contributed by atoms with van der Waals surface area (Å²) in [5, 5.41) is 14.0. The quantitative estimate of drug-likeness (QED) is 0.0243. The average molecular weight is 1110 g/mol. The van der Waals surface area contributed by atoms with Crippen LogP contribution in [0.3, 0.4) is 0 Å². The fraction of sp³-hybridized carbons (Fsp3) is 0.956. The van der Waals surface area contributed by atoms with E-state index in [1.807, 2.05) is 27.2 Å². The number of amides is 1. The van der Waals surface area contributed by atoms with Crippen LogP contribution in [0.4, 0.5) is 0 Å². The van der Waals surface area contributed by atoms with Crippen molar-refractivity contribution in [3.8, 4) is 0 Å². The number of unbranched alkanes of at least 4 members (excludes halogenated alkanes) is 52. The SMILES string of the molecule is CCCCCCCCCCCCCCCCCCCCCCCC/C=C/C(O)C(COP(=O)(O)OCC[N+](C)(C)C)NC(=O)CCCCCCCCCCCCCCCCCCCCCCCCCCCCCCCCC. The minimum Gasteiger partial charge on any atom is -0.387 e. The number of carbonyl (C=O) groups excluding carboxylic acids is 1. The zero-order chi connectivity index (χ0) is 56.3. The number of aliphatic hydroxyl groups excluding tert-OH is 1. The highest BCUT2D eigenvalue weighted by atomic mass is 31.2. The molecule has 3 atom stereocenters. The second-order valence-corrected chi connectivity index (χ2v) is 26.7. The van der Waals surface area contributed by atoms with Gasteiger partial charge in [-0.1, -0.05) is 353 Å². The molecule has 0 spiro atoms. The Kier molecular flexibility index (Phi) is 59.3. The molecule has 9 heteroatoms. The molecule has 3 unspecified atom stereocenters. The third-order valence-corrected chi connectivity index (χ3v) is 17.2. The van der Waals surface area contributed by atoms with Crippen LogP contribution in [0.15, 0.2) is 12.2 Å². The minimum absolute atomic E-state index is 0.0655. The van der Waals surface area contributed by atoms with Crippen LogP contribution >= 0.6 is 7.82 Å². The molecule has 77 heavy (non-hydrogen) atoms. The van der Waals surface area contributed by atoms with E-state index in [-0.39, 0.29) is 19.1 Å². The van der Waals surface area contributed by atoms with Crippen molar-refractivity contribution in [1.82, 2.24) is 5.32 Å². The lowest BCUT2D eigenvalue weighted by molar-refractivity contribution is -0.870. The molecule has 0 bridgehead atoms. The van der Waals surface area contributed by atoms with Gasteiger partial charge in [-0.3, -0.25) is 13.8 Å². The first-order valence-corrected chi connectivity index (χ1v) is 36.1. The number of nitrogens with one attached hydrogen (secondary N) is 1. The standard InChI is InChI=1S/C68H137N2O6P/c1-6-8-10-12-14-16-18-20-22-24-26-28-30-32-33-34-35-36-37-38-40-42-44-46-48-50-52-54-56-58-60-62-68(72)69-66(65-76-77(73,74)75-64-63-70(3,4)5)67(71)61-59-57-55-53-51-49-47-45-43-41-39-31-29-27-25-23-21-19-17-15-13-11-9-7-2/h59,61,66-67,71H,6-58,60,62-65H2,1-5H3,(H-,69,72,73,74)/p+1/b61-59+. The van der Waals surface area contributed by atoms with Crippen LogP contribution in [0.25, 0.3) is 0 Å². The van der Waals surface area contributed by atoms with Gasteiger partial charge in [-0.15, -0.1) is 0 Å². The van der Waals surface area contributed by atoms with Crippen LogP contribution in [0.5, 0.6) is 0 Å². The van der Waals surface area contributed by atoms with Crippen LogP contribution in [-0.4, -0.2) is 73.4 Å². The molecule has 0 saturated carbocycles. The third-order valence-electron chi connectivity index (χ3n) is 16.3. The number of nitrogens with zero attached hydrogens (tertiary/aromatic N) is 1. The van der Waals surface area contributed by atoms with Crippen molar-refractivity contribution >= 4 is 13.7 Å². The molecule has 460 valence electrons. The summed E-state index contributed by atoms with van der Waals surface area (Å²) in [4.78, 5) is 23.4. The molecular formula is C68H138N2O6P+. The number of hydrogen-bond donors (Lipinski definition) is 3. The Morgan fingerprint density at radius 3 is 0.961 bits per heavy atom. The van der Waals surface area contributed by atoms with E-state index in [9.17, 15) is 19.4 Å². The summed E-state index contributed by atoms with van der Waals surface area (Å²) in [5.41, 5.74) is 0. The predicted octanol–water partition coefficient (Wildman–Crippen LogP) is 21.7. The van der Waals surface area contributed by atoms with Crippen molar-refractivity contribution in [2.45, 2.75) is 379 Å². The van der Waals surface area contributed by atoms with Gasteiger partial charge in [0.15, 0.2) is 0 Å². The van der Waals surface area contributed by atoms with E-state index < -0.39 is 20.0 Å². The van der Waals surface area contributed by atoms with Gasteiger partial charge in [0.05, 0.1) is 39.9 Å². The van der Waals surface area contributed by atoms with Gasteiger partial charge < -0.3 is 19.8 Å². The summed E-state index contributed by atoms with van der Waals surface area (Å²) < 4.78 is 23.8. The molecule has 0 aromatic carbocycles. The highest BCUT2D eigenvalue weighted by molar-refractivity contribution is 7.47. The van der Waals surface area contributed by atoms with Crippen molar-refractivity contribution in [3.63, 3.8) is 0 Å². The molecule has 0 aromatic heterocycles. The van der Waals surface area contributed by atoms with Crippen molar-refractivity contribution < 1.29 is 32.9 Å². The second-order valence-electron chi connectivity index (χ2n) is 25.3. The monoisotopic (exact) mass is 1110 g/mol. The van der Waals surface area contributed by atoms with E-state index in [4.69, 9.17) is 9.05 Å². The number of hydrogen-bond acceptors (Lipinski definition) is 5. The molecule has 0 aliphatic heterocycles. The van der Waals surface area contributed by atoms with Gasteiger partial charge in [-0.2, -0.15) is 0 Å². The zero-order valence-corrected chi connectivity index (χ0v) is 53.6. The van der Waals surface area contributed by atoms with Crippen LogP contribution in [-0.2, 0) is 18.4 Å². The van der Waals surface area contributed by atoms with Gasteiger partial charge in [0.25, 0.3) is 0 Å². The maximum atomic E-state index is 13.0. The molecule has 0 fully saturated rings. The van der Waals surface area contributed by atoms with E-state index in [1.54, 1.807) is 6.08 Å². The Morgan fingerprint density at radius 1 is 0.429 bits per heavy atom. The number of rotatable bonds is 65. The van der Waals surface area contributed by atoms with E-state index in [2.05, 4.69) is 19.2 Å².